The largest absolute Gasteiger partial charge is 0.497 e. The van der Waals surface area contributed by atoms with Crippen LogP contribution in [-0.4, -0.2) is 28.5 Å². The van der Waals surface area contributed by atoms with Crippen molar-refractivity contribution in [2.75, 3.05) is 7.11 Å². The molecule has 0 aliphatic carbocycles. The number of rotatable bonds is 23. The molecular formula is C35H55NO4. The van der Waals surface area contributed by atoms with Gasteiger partial charge in [-0.1, -0.05) is 109 Å². The minimum Gasteiger partial charge on any atom is -0.497 e. The zero-order chi connectivity index (χ0) is 29.2. The number of aliphatic carboxylic acids is 1. The van der Waals surface area contributed by atoms with Gasteiger partial charge in [0.05, 0.1) is 13.5 Å². The zero-order valence-corrected chi connectivity index (χ0v) is 25.9. The molecule has 0 atom stereocenters. The van der Waals surface area contributed by atoms with Crippen molar-refractivity contribution < 1.29 is 19.4 Å². The van der Waals surface area contributed by atoms with Gasteiger partial charge in [-0.3, -0.25) is 9.59 Å². The number of ketones is 1. The summed E-state index contributed by atoms with van der Waals surface area (Å²) in [7, 11) is 1.65. The molecule has 2 rings (SSSR count). The average Bonchev–Trinajstić information content (AvgIpc) is 3.17. The normalized spacial score (nSPS) is 11.2. The fourth-order valence-corrected chi connectivity index (χ4v) is 5.82. The van der Waals surface area contributed by atoms with Crippen molar-refractivity contribution in [3.8, 4) is 5.75 Å². The van der Waals surface area contributed by atoms with Crippen LogP contribution in [0.4, 0.5) is 0 Å². The van der Waals surface area contributed by atoms with E-state index in [0.717, 1.165) is 46.7 Å². The summed E-state index contributed by atoms with van der Waals surface area (Å²) in [6.45, 7) is 6.86. The Balaban J connectivity index is 1.77. The first-order valence-corrected chi connectivity index (χ1v) is 16.0. The third kappa shape index (κ3) is 11.9. The van der Waals surface area contributed by atoms with Gasteiger partial charge < -0.3 is 14.4 Å². The molecule has 0 radical (unpaired) electrons. The van der Waals surface area contributed by atoms with E-state index in [1.807, 2.05) is 38.1 Å². The van der Waals surface area contributed by atoms with Crippen molar-refractivity contribution in [3.63, 3.8) is 0 Å². The van der Waals surface area contributed by atoms with Gasteiger partial charge in [0.15, 0.2) is 5.78 Å². The molecule has 0 fully saturated rings. The summed E-state index contributed by atoms with van der Waals surface area (Å²) in [5.74, 6) is 0.171. The fraction of sp³-hybridized carbons (Fsp3) is 0.657. The number of ether oxygens (including phenoxy) is 1. The zero-order valence-electron chi connectivity index (χ0n) is 25.9. The SMILES string of the molecule is CCCCCCCCCCCCCCCCCC(=O)c1c(C)c(CCC(=O)O)n(Cc2ccc(OC)cc2)c1C. The van der Waals surface area contributed by atoms with E-state index >= 15 is 0 Å². The van der Waals surface area contributed by atoms with Gasteiger partial charge in [-0.2, -0.15) is 0 Å². The molecule has 0 amide bonds. The number of unbranched alkanes of at least 4 members (excludes halogenated alkanes) is 14. The molecule has 0 saturated carbocycles. The quantitative estimate of drug-likeness (QED) is 0.110. The first-order chi connectivity index (χ1) is 19.4. The standard InChI is InChI=1S/C35H55NO4/c1-5-6-7-8-9-10-11-12-13-14-15-16-17-18-19-20-33(37)35-28(2)32(25-26-34(38)39)36(29(35)3)27-30-21-23-31(40-4)24-22-30/h21-24H,5-20,25-27H2,1-4H3,(H,38,39). The number of carboxylic acids is 1. The highest BCUT2D eigenvalue weighted by Crippen LogP contribution is 2.27. The van der Waals surface area contributed by atoms with Crippen LogP contribution in [-0.2, 0) is 17.8 Å². The number of carbonyl (C=O) groups is 2. The van der Waals surface area contributed by atoms with Crippen molar-refractivity contribution in [1.82, 2.24) is 4.57 Å². The van der Waals surface area contributed by atoms with Crippen molar-refractivity contribution in [1.29, 1.82) is 0 Å². The number of carboxylic acid groups (broad SMARTS) is 1. The minimum atomic E-state index is -0.820. The van der Waals surface area contributed by atoms with Crippen LogP contribution in [0.2, 0.25) is 0 Å². The Morgan fingerprint density at radius 1 is 0.750 bits per heavy atom. The third-order valence-electron chi connectivity index (χ3n) is 8.26. The van der Waals surface area contributed by atoms with Crippen molar-refractivity contribution >= 4 is 11.8 Å². The highest BCUT2D eigenvalue weighted by Gasteiger charge is 2.22. The van der Waals surface area contributed by atoms with Crippen LogP contribution in [0.1, 0.15) is 149 Å². The highest BCUT2D eigenvalue weighted by molar-refractivity contribution is 5.99. The van der Waals surface area contributed by atoms with Crippen LogP contribution in [0.5, 0.6) is 5.75 Å². The van der Waals surface area contributed by atoms with E-state index in [9.17, 15) is 14.7 Å². The van der Waals surface area contributed by atoms with Crippen molar-refractivity contribution in [2.45, 2.75) is 143 Å². The summed E-state index contributed by atoms with van der Waals surface area (Å²) < 4.78 is 7.41. The number of hydrogen-bond donors (Lipinski definition) is 1. The predicted octanol–water partition coefficient (Wildman–Crippen LogP) is 9.62. The predicted molar refractivity (Wildman–Crippen MR) is 166 cm³/mol. The van der Waals surface area contributed by atoms with E-state index in [0.29, 0.717) is 19.4 Å². The topological polar surface area (TPSA) is 68.5 Å². The maximum absolute atomic E-state index is 13.3. The molecule has 1 N–H and O–H groups in total. The van der Waals surface area contributed by atoms with E-state index in [1.54, 1.807) is 7.11 Å². The number of Topliss-reactive ketones (excluding diaryl/α,β-unsaturated/α-hetero) is 1. The molecule has 0 saturated heterocycles. The van der Waals surface area contributed by atoms with Crippen molar-refractivity contribution in [2.24, 2.45) is 0 Å². The molecule has 0 bridgehead atoms. The van der Waals surface area contributed by atoms with E-state index in [2.05, 4.69) is 11.5 Å². The van der Waals surface area contributed by atoms with Crippen LogP contribution in [0.3, 0.4) is 0 Å². The summed E-state index contributed by atoms with van der Waals surface area (Å²) in [6.07, 6.45) is 20.7. The summed E-state index contributed by atoms with van der Waals surface area (Å²) >= 11 is 0. The number of methoxy groups -OCH3 is 1. The smallest absolute Gasteiger partial charge is 0.303 e. The molecule has 224 valence electrons. The van der Waals surface area contributed by atoms with E-state index in [1.165, 1.54) is 83.5 Å². The molecule has 0 unspecified atom stereocenters. The molecule has 5 nitrogen and oxygen atoms in total. The first-order valence-electron chi connectivity index (χ1n) is 16.0. The Labute approximate surface area is 243 Å². The van der Waals surface area contributed by atoms with E-state index in [-0.39, 0.29) is 12.2 Å². The lowest BCUT2D eigenvalue weighted by atomic mass is 9.99. The van der Waals surface area contributed by atoms with Gasteiger partial charge in [0.2, 0.25) is 0 Å². The van der Waals surface area contributed by atoms with Crippen molar-refractivity contribution in [3.05, 3.63) is 52.3 Å². The molecule has 2 aromatic rings. The lowest BCUT2D eigenvalue weighted by Gasteiger charge is -2.13. The molecule has 1 aromatic heterocycles. The molecule has 40 heavy (non-hydrogen) atoms. The van der Waals surface area contributed by atoms with Gasteiger partial charge in [-0.15, -0.1) is 0 Å². The third-order valence-corrected chi connectivity index (χ3v) is 8.26. The highest BCUT2D eigenvalue weighted by atomic mass is 16.5. The molecule has 0 aliphatic heterocycles. The summed E-state index contributed by atoms with van der Waals surface area (Å²) in [5, 5.41) is 9.30. The lowest BCUT2D eigenvalue weighted by molar-refractivity contribution is -0.137. The number of nitrogens with zero attached hydrogens (tertiary/aromatic N) is 1. The summed E-state index contributed by atoms with van der Waals surface area (Å²) in [5.41, 5.74) is 4.73. The number of aromatic nitrogens is 1. The maximum Gasteiger partial charge on any atom is 0.303 e. The van der Waals surface area contributed by atoms with Gasteiger partial charge in [0.1, 0.15) is 5.75 Å². The first kappa shape index (κ1) is 33.6. The Hall–Kier alpha value is -2.56. The molecular weight excluding hydrogens is 498 g/mol. The maximum atomic E-state index is 13.3. The Morgan fingerprint density at radius 3 is 1.73 bits per heavy atom. The lowest BCUT2D eigenvalue weighted by Crippen LogP contribution is -2.09. The molecule has 1 heterocycles. The monoisotopic (exact) mass is 553 g/mol. The van der Waals surface area contributed by atoms with E-state index in [4.69, 9.17) is 4.74 Å². The second-order valence-corrected chi connectivity index (χ2v) is 11.5. The number of hydrogen-bond acceptors (Lipinski definition) is 3. The van der Waals surface area contributed by atoms with Gasteiger partial charge in [0.25, 0.3) is 0 Å². The van der Waals surface area contributed by atoms with E-state index < -0.39 is 5.97 Å². The van der Waals surface area contributed by atoms with Gasteiger partial charge in [-0.05, 0) is 49.9 Å². The fourth-order valence-electron chi connectivity index (χ4n) is 5.82. The Kier molecular flexibility index (Phi) is 16.4. The van der Waals surface area contributed by atoms with Gasteiger partial charge in [0, 0.05) is 29.9 Å². The molecule has 0 aliphatic rings. The second-order valence-electron chi connectivity index (χ2n) is 11.5. The molecule has 5 heteroatoms. The average molecular weight is 554 g/mol. The van der Waals surface area contributed by atoms with Gasteiger partial charge in [-0.25, -0.2) is 0 Å². The van der Waals surface area contributed by atoms with Gasteiger partial charge >= 0.3 is 5.97 Å². The van der Waals surface area contributed by atoms with Crippen LogP contribution in [0.25, 0.3) is 0 Å². The molecule has 0 spiro atoms. The number of benzene rings is 1. The Morgan fingerprint density at radius 2 is 1.25 bits per heavy atom. The summed E-state index contributed by atoms with van der Waals surface area (Å²) in [4.78, 5) is 24.6. The second kappa shape index (κ2) is 19.5. The number of carbonyl (C=O) groups excluding carboxylic acids is 1. The Bertz CT molecular complexity index is 1010. The minimum absolute atomic E-state index is 0.0551. The summed E-state index contributed by atoms with van der Waals surface area (Å²) in [6, 6.07) is 7.90. The van der Waals surface area contributed by atoms with Crippen LogP contribution >= 0.6 is 0 Å². The van der Waals surface area contributed by atoms with Crippen LogP contribution < -0.4 is 4.74 Å². The molecule has 1 aromatic carbocycles. The van der Waals surface area contributed by atoms with Crippen LogP contribution in [0, 0.1) is 13.8 Å². The van der Waals surface area contributed by atoms with Crippen LogP contribution in [0.15, 0.2) is 24.3 Å².